The average molecular weight is 650 g/mol. The Morgan fingerprint density at radius 3 is 2.20 bits per heavy atom. The highest BCUT2D eigenvalue weighted by atomic mass is 32.2. The molecular weight excluding hydrogens is 613 g/mol. The number of hydroxylamine groups is 2. The van der Waals surface area contributed by atoms with Crippen molar-refractivity contribution in [2.75, 3.05) is 30.9 Å². The second kappa shape index (κ2) is 15.0. The number of rotatable bonds is 12. The van der Waals surface area contributed by atoms with Crippen molar-refractivity contribution in [3.05, 3.63) is 108 Å². The van der Waals surface area contributed by atoms with Crippen LogP contribution < -0.4 is 15.4 Å². The minimum Gasteiger partial charge on any atom is -0.496 e. The maximum atomic E-state index is 13.8. The minimum atomic E-state index is -4.51. The van der Waals surface area contributed by atoms with Gasteiger partial charge in [0.2, 0.25) is 0 Å². The molecule has 0 saturated carbocycles. The number of halogens is 1. The maximum absolute atomic E-state index is 13.8. The summed E-state index contributed by atoms with van der Waals surface area (Å²) in [6.07, 6.45) is 0.260. The van der Waals surface area contributed by atoms with Crippen molar-refractivity contribution in [1.29, 1.82) is 0 Å². The topological polar surface area (TPSA) is 123 Å². The molecule has 0 spiro atoms. The predicted molar refractivity (Wildman–Crippen MR) is 174 cm³/mol. The van der Waals surface area contributed by atoms with Crippen LogP contribution in [0.25, 0.3) is 11.1 Å². The van der Waals surface area contributed by atoms with E-state index >= 15 is 0 Å². The number of amides is 3. The number of carbonyl (C=O) groups excluding carboxylic acids is 2. The average Bonchev–Trinajstić information content (AvgIpc) is 3.02. The van der Waals surface area contributed by atoms with Crippen LogP contribution in [0.5, 0.6) is 5.75 Å². The van der Waals surface area contributed by atoms with Crippen molar-refractivity contribution < 1.29 is 36.2 Å². The van der Waals surface area contributed by atoms with E-state index in [0.717, 1.165) is 5.06 Å². The van der Waals surface area contributed by atoms with E-state index in [0.29, 0.717) is 22.5 Å². The molecule has 0 heterocycles. The van der Waals surface area contributed by atoms with Crippen molar-refractivity contribution in [2.24, 2.45) is 0 Å². The number of methoxy groups -OCH3 is 1. The summed E-state index contributed by atoms with van der Waals surface area (Å²) in [7, 11) is -3.16. The molecule has 0 fully saturated rings. The largest absolute Gasteiger partial charge is 0.496 e. The summed E-state index contributed by atoms with van der Waals surface area (Å²) in [5.74, 6) is -1.13. The number of urea groups is 1. The third-order valence-corrected chi connectivity index (χ3v) is 7.68. The van der Waals surface area contributed by atoms with Crippen LogP contribution in [-0.2, 0) is 19.1 Å². The lowest BCUT2D eigenvalue weighted by atomic mass is 10.1. The molecule has 2 N–H and O–H groups in total. The van der Waals surface area contributed by atoms with Gasteiger partial charge < -0.3 is 20.1 Å². The van der Waals surface area contributed by atoms with Gasteiger partial charge in [-0.05, 0) is 86.8 Å². The van der Waals surface area contributed by atoms with Gasteiger partial charge >= 0.3 is 16.1 Å². The number of ether oxygens (including phenoxy) is 2. The summed E-state index contributed by atoms with van der Waals surface area (Å²) in [5.41, 5.74) is 1.60. The summed E-state index contributed by atoms with van der Waals surface area (Å²) in [4.78, 5) is 26.1. The standard InChI is InChI=1S/C34H36FN3O7S/c1-34(2,3)44-21-9-20-38(45-46(41,42)29-13-8-10-25(22-29)24-14-16-26(35)17-15-24)32(39)30-19-18-28(23-31(30)43-4)37-33(40)36-27-11-6-5-7-12-27/h5-8,10-19,22-23H,9,20-21H2,1-4H3,(H2,36,37,40). The molecule has 4 aromatic carbocycles. The molecule has 0 saturated heterocycles. The maximum Gasteiger partial charge on any atom is 0.323 e. The Kier molecular flexibility index (Phi) is 11.1. The van der Waals surface area contributed by atoms with Crippen LogP contribution in [0.15, 0.2) is 102 Å². The minimum absolute atomic E-state index is 0.00326. The number of nitrogens with one attached hydrogen (secondary N) is 2. The lowest BCUT2D eigenvalue weighted by Gasteiger charge is -2.24. The molecule has 46 heavy (non-hydrogen) atoms. The first-order chi connectivity index (χ1) is 21.8. The van der Waals surface area contributed by atoms with Crippen molar-refractivity contribution in [2.45, 2.75) is 37.7 Å². The zero-order valence-corrected chi connectivity index (χ0v) is 26.8. The first-order valence-corrected chi connectivity index (χ1v) is 15.8. The van der Waals surface area contributed by atoms with Crippen molar-refractivity contribution in [1.82, 2.24) is 5.06 Å². The van der Waals surface area contributed by atoms with E-state index in [1.54, 1.807) is 30.3 Å². The normalized spacial score (nSPS) is 11.5. The molecule has 4 rings (SSSR count). The molecular formula is C34H36FN3O7S. The Labute approximate surface area is 268 Å². The molecule has 10 nitrogen and oxygen atoms in total. The van der Waals surface area contributed by atoms with Crippen molar-refractivity contribution in [3.63, 3.8) is 0 Å². The summed E-state index contributed by atoms with van der Waals surface area (Å²) in [5, 5.41) is 6.13. The Bertz CT molecular complexity index is 1760. The van der Waals surface area contributed by atoms with Crippen molar-refractivity contribution >= 4 is 33.4 Å². The predicted octanol–water partition coefficient (Wildman–Crippen LogP) is 7.11. The van der Waals surface area contributed by atoms with Gasteiger partial charge in [0.25, 0.3) is 5.91 Å². The fourth-order valence-corrected chi connectivity index (χ4v) is 5.27. The molecule has 0 atom stereocenters. The Balaban J connectivity index is 1.57. The van der Waals surface area contributed by atoms with Gasteiger partial charge in [-0.3, -0.25) is 4.79 Å². The molecule has 0 aliphatic carbocycles. The van der Waals surface area contributed by atoms with Crippen molar-refractivity contribution in [3.8, 4) is 16.9 Å². The number of benzene rings is 4. The van der Waals surface area contributed by atoms with E-state index in [4.69, 9.17) is 13.8 Å². The number of hydrogen-bond acceptors (Lipinski definition) is 7. The number of para-hydroxylation sites is 1. The van der Waals surface area contributed by atoms with Gasteiger partial charge in [-0.1, -0.05) is 42.5 Å². The lowest BCUT2D eigenvalue weighted by Crippen LogP contribution is -2.35. The van der Waals surface area contributed by atoms with Gasteiger partial charge in [0, 0.05) is 24.0 Å². The fraction of sp³-hybridized carbons (Fsp3) is 0.235. The Hall–Kier alpha value is -4.78. The third-order valence-electron chi connectivity index (χ3n) is 6.48. The van der Waals surface area contributed by atoms with Crippen LogP contribution >= 0.6 is 0 Å². The second-order valence-electron chi connectivity index (χ2n) is 11.1. The van der Waals surface area contributed by atoms with E-state index in [-0.39, 0.29) is 35.8 Å². The van der Waals surface area contributed by atoms with E-state index in [9.17, 15) is 22.4 Å². The summed E-state index contributed by atoms with van der Waals surface area (Å²) in [6.45, 7) is 5.74. The third kappa shape index (κ3) is 9.61. The zero-order chi connectivity index (χ0) is 33.3. The van der Waals surface area contributed by atoms with Gasteiger partial charge in [0.05, 0.1) is 29.7 Å². The SMILES string of the molecule is COc1cc(NC(=O)Nc2ccccc2)ccc1C(=O)N(CCCOC(C)(C)C)OS(=O)(=O)c1cccc(-c2ccc(F)cc2)c1. The molecule has 0 aliphatic heterocycles. The first-order valence-electron chi connectivity index (χ1n) is 14.4. The van der Waals surface area contributed by atoms with Gasteiger partial charge in [0.1, 0.15) is 11.6 Å². The summed E-state index contributed by atoms with van der Waals surface area (Å²) in [6, 6.07) is 24.2. The monoisotopic (exact) mass is 649 g/mol. The van der Waals surface area contributed by atoms with E-state index in [1.165, 1.54) is 67.8 Å². The second-order valence-corrected chi connectivity index (χ2v) is 12.7. The molecule has 0 bridgehead atoms. The summed E-state index contributed by atoms with van der Waals surface area (Å²) >= 11 is 0. The number of anilines is 2. The van der Waals surface area contributed by atoms with Crippen LogP contribution in [0.3, 0.4) is 0 Å². The smallest absolute Gasteiger partial charge is 0.323 e. The first kappa shape index (κ1) is 34.1. The lowest BCUT2D eigenvalue weighted by molar-refractivity contribution is -0.0446. The van der Waals surface area contributed by atoms with Crippen LogP contribution in [0.2, 0.25) is 0 Å². The number of nitrogens with zero attached hydrogens (tertiary/aromatic N) is 1. The van der Waals surface area contributed by atoms with Gasteiger partial charge in [-0.15, -0.1) is 4.28 Å². The fourth-order valence-electron chi connectivity index (χ4n) is 4.29. The summed E-state index contributed by atoms with van der Waals surface area (Å²) < 4.78 is 57.1. The highest BCUT2D eigenvalue weighted by Crippen LogP contribution is 2.28. The van der Waals surface area contributed by atoms with E-state index in [1.807, 2.05) is 26.8 Å². The molecule has 0 aliphatic rings. The van der Waals surface area contributed by atoms with E-state index < -0.39 is 33.5 Å². The molecule has 12 heteroatoms. The quantitative estimate of drug-likeness (QED) is 0.124. The molecule has 242 valence electrons. The number of carbonyl (C=O) groups is 2. The van der Waals surface area contributed by atoms with Crippen LogP contribution in [0.4, 0.5) is 20.6 Å². The number of hydrogen-bond donors (Lipinski definition) is 2. The van der Waals surface area contributed by atoms with E-state index in [2.05, 4.69) is 10.6 Å². The molecule has 3 amide bonds. The molecule has 0 radical (unpaired) electrons. The van der Waals surface area contributed by atoms with Crippen LogP contribution in [0, 0.1) is 5.82 Å². The Morgan fingerprint density at radius 2 is 1.52 bits per heavy atom. The van der Waals surface area contributed by atoms with Gasteiger partial charge in [0.15, 0.2) is 0 Å². The molecule has 0 aromatic heterocycles. The zero-order valence-electron chi connectivity index (χ0n) is 26.0. The van der Waals surface area contributed by atoms with Gasteiger partial charge in [-0.25, -0.2) is 9.18 Å². The Morgan fingerprint density at radius 1 is 0.826 bits per heavy atom. The highest BCUT2D eigenvalue weighted by Gasteiger charge is 2.28. The van der Waals surface area contributed by atoms with Crippen LogP contribution in [-0.4, -0.2) is 51.3 Å². The highest BCUT2D eigenvalue weighted by molar-refractivity contribution is 7.86. The molecule has 4 aromatic rings. The molecule has 0 unspecified atom stereocenters. The van der Waals surface area contributed by atoms with Gasteiger partial charge in [-0.2, -0.15) is 13.5 Å². The van der Waals surface area contributed by atoms with Crippen LogP contribution in [0.1, 0.15) is 37.6 Å².